The van der Waals surface area contributed by atoms with E-state index in [4.69, 9.17) is 0 Å². The molecule has 0 atom stereocenters. The molecule has 0 aromatic heterocycles. The second-order valence-corrected chi connectivity index (χ2v) is 3.91. The monoisotopic (exact) mass is 189 g/mol. The summed E-state index contributed by atoms with van der Waals surface area (Å²) < 4.78 is 0. The summed E-state index contributed by atoms with van der Waals surface area (Å²) in [5.41, 5.74) is 1.02. The van der Waals surface area contributed by atoms with Crippen molar-refractivity contribution < 1.29 is 4.79 Å². The van der Waals surface area contributed by atoms with Gasteiger partial charge in [-0.15, -0.1) is 0 Å². The molecule has 1 N–H and O–H groups in total. The fraction of sp³-hybridized carbons (Fsp3) is 0.417. The van der Waals surface area contributed by atoms with Crippen molar-refractivity contribution in [1.82, 2.24) is 0 Å². The molecule has 1 aliphatic rings. The predicted octanol–water partition coefficient (Wildman–Crippen LogP) is 2.47. The number of nitrogens with one attached hydrogen (secondary N) is 1. The highest BCUT2D eigenvalue weighted by atomic mass is 16.1. The second-order valence-electron chi connectivity index (χ2n) is 3.91. The molecule has 1 aliphatic carbocycles. The highest BCUT2D eigenvalue weighted by Crippen LogP contribution is 2.32. The van der Waals surface area contributed by atoms with Crippen LogP contribution in [0, 0.1) is 5.92 Å². The van der Waals surface area contributed by atoms with Gasteiger partial charge in [0, 0.05) is 12.1 Å². The summed E-state index contributed by atoms with van der Waals surface area (Å²) in [5, 5.41) is 3.13. The van der Waals surface area contributed by atoms with Crippen molar-refractivity contribution >= 4 is 11.5 Å². The van der Waals surface area contributed by atoms with Gasteiger partial charge in [0.15, 0.2) is 5.78 Å². The Hall–Kier alpha value is -1.31. The molecule has 0 amide bonds. The molecule has 2 rings (SSSR count). The number of rotatable bonds is 5. The summed E-state index contributed by atoms with van der Waals surface area (Å²) in [6.45, 7) is 0.473. The van der Waals surface area contributed by atoms with Gasteiger partial charge in [-0.25, -0.2) is 0 Å². The van der Waals surface area contributed by atoms with Crippen molar-refractivity contribution in [2.75, 3.05) is 11.9 Å². The van der Waals surface area contributed by atoms with Gasteiger partial charge in [0.1, 0.15) is 0 Å². The van der Waals surface area contributed by atoms with Crippen LogP contribution >= 0.6 is 0 Å². The number of hydrogen-bond donors (Lipinski definition) is 1. The fourth-order valence-corrected chi connectivity index (χ4v) is 1.47. The molecule has 2 heteroatoms. The topological polar surface area (TPSA) is 29.1 Å². The van der Waals surface area contributed by atoms with Gasteiger partial charge in [-0.3, -0.25) is 4.79 Å². The van der Waals surface area contributed by atoms with Gasteiger partial charge in [0.2, 0.25) is 0 Å². The predicted molar refractivity (Wildman–Crippen MR) is 57.3 cm³/mol. The largest absolute Gasteiger partial charge is 0.378 e. The zero-order valence-corrected chi connectivity index (χ0v) is 8.20. The third-order valence-corrected chi connectivity index (χ3v) is 2.48. The molecule has 14 heavy (non-hydrogen) atoms. The van der Waals surface area contributed by atoms with Crippen LogP contribution in [0.15, 0.2) is 30.3 Å². The van der Waals surface area contributed by atoms with Gasteiger partial charge < -0.3 is 5.32 Å². The molecule has 2 nitrogen and oxygen atoms in total. The minimum Gasteiger partial charge on any atom is -0.378 e. The van der Waals surface area contributed by atoms with Crippen LogP contribution in [0.3, 0.4) is 0 Å². The molecular formula is C12H15NO. The van der Waals surface area contributed by atoms with E-state index >= 15 is 0 Å². The SMILES string of the molecule is O=C(CNc1ccccc1)CC1CC1. The van der Waals surface area contributed by atoms with Crippen molar-refractivity contribution in [1.29, 1.82) is 0 Å². The van der Waals surface area contributed by atoms with Gasteiger partial charge in [-0.05, 0) is 30.9 Å². The number of Topliss-reactive ketones (excluding diaryl/α,β-unsaturated/α-hetero) is 1. The first-order valence-electron chi connectivity index (χ1n) is 5.15. The normalized spacial score (nSPS) is 15.1. The molecule has 1 saturated carbocycles. The Labute approximate surface area is 84.3 Å². The van der Waals surface area contributed by atoms with Crippen LogP contribution < -0.4 is 5.32 Å². The van der Waals surface area contributed by atoms with Gasteiger partial charge in [-0.2, -0.15) is 0 Å². The number of anilines is 1. The maximum absolute atomic E-state index is 11.4. The maximum atomic E-state index is 11.4. The van der Waals surface area contributed by atoms with Crippen molar-refractivity contribution in [3.05, 3.63) is 30.3 Å². The van der Waals surface area contributed by atoms with E-state index in [-0.39, 0.29) is 0 Å². The van der Waals surface area contributed by atoms with Gasteiger partial charge in [-0.1, -0.05) is 18.2 Å². The van der Waals surface area contributed by atoms with E-state index in [0.29, 0.717) is 18.2 Å². The number of carbonyl (C=O) groups is 1. The van der Waals surface area contributed by atoms with Gasteiger partial charge in [0.05, 0.1) is 6.54 Å². The van der Waals surface area contributed by atoms with E-state index in [1.165, 1.54) is 12.8 Å². The average molecular weight is 189 g/mol. The lowest BCUT2D eigenvalue weighted by molar-refractivity contribution is -0.117. The smallest absolute Gasteiger partial charge is 0.152 e. The Kier molecular flexibility index (Phi) is 2.82. The second kappa shape index (κ2) is 4.27. The highest BCUT2D eigenvalue weighted by Gasteiger charge is 2.23. The number of carbonyl (C=O) groups excluding carboxylic acids is 1. The molecule has 0 saturated heterocycles. The summed E-state index contributed by atoms with van der Waals surface area (Å²) >= 11 is 0. The molecule has 0 unspecified atom stereocenters. The summed E-state index contributed by atoms with van der Waals surface area (Å²) in [4.78, 5) is 11.4. The molecule has 1 aromatic carbocycles. The summed E-state index contributed by atoms with van der Waals surface area (Å²) in [6.07, 6.45) is 3.26. The lowest BCUT2D eigenvalue weighted by atomic mass is 10.2. The molecule has 0 spiro atoms. The Morgan fingerprint density at radius 3 is 2.64 bits per heavy atom. The lowest BCUT2D eigenvalue weighted by Gasteiger charge is -2.04. The standard InChI is InChI=1S/C12H15NO/c14-12(8-10-6-7-10)9-13-11-4-2-1-3-5-11/h1-5,10,13H,6-9H2. The first-order chi connectivity index (χ1) is 6.84. The molecule has 0 aliphatic heterocycles. The Bertz CT molecular complexity index is 303. The Balaban J connectivity index is 1.73. The van der Waals surface area contributed by atoms with Gasteiger partial charge >= 0.3 is 0 Å². The van der Waals surface area contributed by atoms with E-state index in [0.717, 1.165) is 12.1 Å². The van der Waals surface area contributed by atoms with Gasteiger partial charge in [0.25, 0.3) is 0 Å². The van der Waals surface area contributed by atoms with E-state index in [9.17, 15) is 4.79 Å². The van der Waals surface area contributed by atoms with Crippen molar-refractivity contribution in [2.24, 2.45) is 5.92 Å². The quantitative estimate of drug-likeness (QED) is 0.771. The van der Waals surface area contributed by atoms with Crippen LogP contribution in [0.1, 0.15) is 19.3 Å². The minimum atomic E-state index is 0.330. The van der Waals surface area contributed by atoms with Crippen molar-refractivity contribution in [3.63, 3.8) is 0 Å². The molecule has 0 radical (unpaired) electrons. The first kappa shape index (κ1) is 9.25. The molecule has 1 fully saturated rings. The number of hydrogen-bond acceptors (Lipinski definition) is 2. The first-order valence-corrected chi connectivity index (χ1v) is 5.15. The van der Waals surface area contributed by atoms with Crippen LogP contribution in [-0.2, 0) is 4.79 Å². The summed E-state index contributed by atoms with van der Waals surface area (Å²) in [6, 6.07) is 9.85. The lowest BCUT2D eigenvalue weighted by Crippen LogP contribution is -2.13. The van der Waals surface area contributed by atoms with E-state index < -0.39 is 0 Å². The van der Waals surface area contributed by atoms with Crippen molar-refractivity contribution in [3.8, 4) is 0 Å². The average Bonchev–Trinajstić information content (AvgIpc) is 3.00. The Morgan fingerprint density at radius 2 is 2.00 bits per heavy atom. The van der Waals surface area contributed by atoms with Crippen molar-refractivity contribution in [2.45, 2.75) is 19.3 Å². The van der Waals surface area contributed by atoms with Crippen LogP contribution in [0.25, 0.3) is 0 Å². The molecule has 0 heterocycles. The van der Waals surface area contributed by atoms with E-state index in [1.54, 1.807) is 0 Å². The summed E-state index contributed by atoms with van der Waals surface area (Å²) in [7, 11) is 0. The van der Waals surface area contributed by atoms with Crippen LogP contribution in [0.5, 0.6) is 0 Å². The molecule has 1 aromatic rings. The molecule has 74 valence electrons. The highest BCUT2D eigenvalue weighted by molar-refractivity contribution is 5.83. The maximum Gasteiger partial charge on any atom is 0.152 e. The number of ketones is 1. The molecule has 0 bridgehead atoms. The van der Waals surface area contributed by atoms with E-state index in [1.807, 2.05) is 30.3 Å². The van der Waals surface area contributed by atoms with E-state index in [2.05, 4.69) is 5.32 Å². The molecular weight excluding hydrogens is 174 g/mol. The fourth-order valence-electron chi connectivity index (χ4n) is 1.47. The van der Waals surface area contributed by atoms with Crippen LogP contribution in [0.2, 0.25) is 0 Å². The zero-order chi connectivity index (χ0) is 9.80. The zero-order valence-electron chi connectivity index (χ0n) is 8.20. The number of para-hydroxylation sites is 1. The Morgan fingerprint density at radius 1 is 1.29 bits per heavy atom. The third-order valence-electron chi connectivity index (χ3n) is 2.48. The van der Waals surface area contributed by atoms with Crippen LogP contribution in [0.4, 0.5) is 5.69 Å². The minimum absolute atomic E-state index is 0.330. The number of benzene rings is 1. The third kappa shape index (κ3) is 2.87. The van der Waals surface area contributed by atoms with Crippen LogP contribution in [-0.4, -0.2) is 12.3 Å². The summed E-state index contributed by atoms with van der Waals surface area (Å²) in [5.74, 6) is 1.02.